The minimum absolute atomic E-state index is 0.116. The topological polar surface area (TPSA) is 74.3 Å². The largest absolute Gasteiger partial charge is 0.497 e. The number of benzene rings is 1. The van der Waals surface area contributed by atoms with Crippen LogP contribution in [0.5, 0.6) is 11.5 Å². The van der Waals surface area contributed by atoms with Crippen molar-refractivity contribution in [2.45, 2.75) is 29.9 Å². The van der Waals surface area contributed by atoms with E-state index in [2.05, 4.69) is 0 Å². The lowest BCUT2D eigenvalue weighted by Gasteiger charge is -2.42. The lowest BCUT2D eigenvalue weighted by molar-refractivity contribution is -0.280. The second kappa shape index (κ2) is 6.87. The predicted octanol–water partition coefficient (Wildman–Crippen LogP) is 1.62. The van der Waals surface area contributed by atoms with E-state index in [1.807, 2.05) is 0 Å². The van der Waals surface area contributed by atoms with Gasteiger partial charge in [0.15, 0.2) is 5.79 Å². The van der Waals surface area contributed by atoms with Gasteiger partial charge in [0.2, 0.25) is 10.0 Å². The minimum atomic E-state index is -3.68. The van der Waals surface area contributed by atoms with Crippen LogP contribution in [0.2, 0.25) is 0 Å². The van der Waals surface area contributed by atoms with Gasteiger partial charge < -0.3 is 18.9 Å². The molecule has 1 aromatic rings. The van der Waals surface area contributed by atoms with Gasteiger partial charge in [-0.2, -0.15) is 4.31 Å². The van der Waals surface area contributed by atoms with Crippen molar-refractivity contribution in [1.29, 1.82) is 0 Å². The van der Waals surface area contributed by atoms with E-state index in [4.69, 9.17) is 18.9 Å². The smallest absolute Gasteiger partial charge is 0.246 e. The molecule has 2 saturated heterocycles. The van der Waals surface area contributed by atoms with E-state index in [0.717, 1.165) is 6.42 Å². The van der Waals surface area contributed by atoms with Gasteiger partial charge in [-0.25, -0.2) is 8.42 Å². The zero-order valence-electron chi connectivity index (χ0n) is 14.0. The van der Waals surface area contributed by atoms with Crippen molar-refractivity contribution in [3.63, 3.8) is 0 Å². The van der Waals surface area contributed by atoms with Crippen molar-refractivity contribution in [2.75, 3.05) is 40.5 Å². The SMILES string of the molecule is COc1ccc(OC)c(S(=O)(=O)N2CCC3(CC2)OCCCO3)c1. The lowest BCUT2D eigenvalue weighted by atomic mass is 10.0. The molecule has 24 heavy (non-hydrogen) atoms. The van der Waals surface area contributed by atoms with Crippen LogP contribution in [0.1, 0.15) is 19.3 Å². The summed E-state index contributed by atoms with van der Waals surface area (Å²) in [5.41, 5.74) is 0. The first-order valence-corrected chi connectivity index (χ1v) is 9.45. The highest BCUT2D eigenvalue weighted by atomic mass is 32.2. The van der Waals surface area contributed by atoms with Gasteiger partial charge in [-0.15, -0.1) is 0 Å². The normalized spacial score (nSPS) is 21.6. The number of rotatable bonds is 4. The zero-order valence-corrected chi connectivity index (χ0v) is 14.8. The van der Waals surface area contributed by atoms with Crippen LogP contribution in [0.4, 0.5) is 0 Å². The molecule has 0 saturated carbocycles. The maximum Gasteiger partial charge on any atom is 0.246 e. The number of ether oxygens (including phenoxy) is 4. The van der Waals surface area contributed by atoms with E-state index in [-0.39, 0.29) is 4.90 Å². The highest BCUT2D eigenvalue weighted by molar-refractivity contribution is 7.89. The molecule has 2 heterocycles. The summed E-state index contributed by atoms with van der Waals surface area (Å²) in [6.45, 7) is 2.03. The fraction of sp³-hybridized carbons (Fsp3) is 0.625. The zero-order chi connectivity index (χ0) is 17.2. The maximum atomic E-state index is 13.0. The monoisotopic (exact) mass is 357 g/mol. The van der Waals surface area contributed by atoms with Crippen LogP contribution in [0.15, 0.2) is 23.1 Å². The van der Waals surface area contributed by atoms with E-state index in [1.165, 1.54) is 24.6 Å². The molecular formula is C16H23NO6S. The highest BCUT2D eigenvalue weighted by Gasteiger charge is 2.42. The number of nitrogens with zero attached hydrogens (tertiary/aromatic N) is 1. The van der Waals surface area contributed by atoms with Crippen LogP contribution in [-0.2, 0) is 19.5 Å². The Hall–Kier alpha value is -1.35. The van der Waals surface area contributed by atoms with E-state index in [1.54, 1.807) is 12.1 Å². The fourth-order valence-electron chi connectivity index (χ4n) is 3.10. The Morgan fingerprint density at radius 3 is 2.33 bits per heavy atom. The number of hydrogen-bond acceptors (Lipinski definition) is 6. The molecule has 2 aliphatic heterocycles. The van der Waals surface area contributed by atoms with Gasteiger partial charge in [0, 0.05) is 32.0 Å². The average molecular weight is 357 g/mol. The van der Waals surface area contributed by atoms with Crippen molar-refractivity contribution in [3.8, 4) is 11.5 Å². The lowest BCUT2D eigenvalue weighted by Crippen LogP contribution is -2.51. The first kappa shape index (κ1) is 17.5. The quantitative estimate of drug-likeness (QED) is 0.815. The Balaban J connectivity index is 1.82. The second-order valence-electron chi connectivity index (χ2n) is 5.88. The highest BCUT2D eigenvalue weighted by Crippen LogP contribution is 2.35. The molecule has 0 amide bonds. The Morgan fingerprint density at radius 1 is 1.08 bits per heavy atom. The Labute approximate surface area is 142 Å². The molecule has 0 aliphatic carbocycles. The Kier molecular flexibility index (Phi) is 5.00. The summed E-state index contributed by atoms with van der Waals surface area (Å²) in [5.74, 6) is 0.158. The number of hydrogen-bond donors (Lipinski definition) is 0. The number of sulfonamides is 1. The number of piperidine rings is 1. The van der Waals surface area contributed by atoms with Crippen molar-refractivity contribution >= 4 is 10.0 Å². The number of methoxy groups -OCH3 is 2. The maximum absolute atomic E-state index is 13.0. The first-order chi connectivity index (χ1) is 11.5. The summed E-state index contributed by atoms with van der Waals surface area (Å²) in [4.78, 5) is 0.116. The van der Waals surface area contributed by atoms with E-state index < -0.39 is 15.8 Å². The first-order valence-electron chi connectivity index (χ1n) is 8.01. The third-order valence-corrected chi connectivity index (χ3v) is 6.41. The Bertz CT molecular complexity index is 674. The molecule has 8 heteroatoms. The van der Waals surface area contributed by atoms with Crippen LogP contribution in [-0.4, -0.2) is 59.0 Å². The van der Waals surface area contributed by atoms with E-state index >= 15 is 0 Å². The summed E-state index contributed by atoms with van der Waals surface area (Å²) in [6, 6.07) is 4.77. The summed E-state index contributed by atoms with van der Waals surface area (Å²) in [7, 11) is -0.721. The van der Waals surface area contributed by atoms with Crippen molar-refractivity contribution < 1.29 is 27.4 Å². The van der Waals surface area contributed by atoms with Gasteiger partial charge >= 0.3 is 0 Å². The van der Waals surface area contributed by atoms with Crippen molar-refractivity contribution in [2.24, 2.45) is 0 Å². The molecule has 0 radical (unpaired) electrons. The van der Waals surface area contributed by atoms with E-state index in [0.29, 0.717) is 50.6 Å². The molecule has 3 rings (SSSR count). The van der Waals surface area contributed by atoms with Crippen LogP contribution in [0, 0.1) is 0 Å². The van der Waals surface area contributed by atoms with Crippen molar-refractivity contribution in [3.05, 3.63) is 18.2 Å². The molecule has 0 aromatic heterocycles. The molecule has 0 unspecified atom stereocenters. The molecule has 2 fully saturated rings. The molecule has 0 N–H and O–H groups in total. The van der Waals surface area contributed by atoms with Gasteiger partial charge in [0.1, 0.15) is 16.4 Å². The molecule has 1 aromatic carbocycles. The van der Waals surface area contributed by atoms with Crippen LogP contribution in [0.25, 0.3) is 0 Å². The molecule has 1 spiro atoms. The third kappa shape index (κ3) is 3.23. The van der Waals surface area contributed by atoms with Gasteiger partial charge in [0.25, 0.3) is 0 Å². The molecular weight excluding hydrogens is 334 g/mol. The second-order valence-corrected chi connectivity index (χ2v) is 7.79. The van der Waals surface area contributed by atoms with Crippen LogP contribution >= 0.6 is 0 Å². The average Bonchev–Trinajstić information content (AvgIpc) is 2.62. The predicted molar refractivity (Wildman–Crippen MR) is 86.8 cm³/mol. The van der Waals surface area contributed by atoms with Gasteiger partial charge in [-0.1, -0.05) is 0 Å². The molecule has 0 atom stereocenters. The third-order valence-electron chi connectivity index (χ3n) is 4.49. The summed E-state index contributed by atoms with van der Waals surface area (Å²) in [6.07, 6.45) is 1.93. The molecule has 0 bridgehead atoms. The standard InChI is InChI=1S/C16H23NO6S/c1-20-13-4-5-14(21-2)15(12-13)24(18,19)17-8-6-16(7-9-17)22-10-3-11-23-16/h4-5,12H,3,6-11H2,1-2H3. The molecule has 134 valence electrons. The van der Waals surface area contributed by atoms with Gasteiger partial charge in [0.05, 0.1) is 27.4 Å². The fourth-order valence-corrected chi connectivity index (χ4v) is 4.71. The minimum Gasteiger partial charge on any atom is -0.497 e. The van der Waals surface area contributed by atoms with Gasteiger partial charge in [-0.3, -0.25) is 0 Å². The van der Waals surface area contributed by atoms with Gasteiger partial charge in [-0.05, 0) is 18.6 Å². The summed E-state index contributed by atoms with van der Waals surface area (Å²) >= 11 is 0. The van der Waals surface area contributed by atoms with Crippen LogP contribution in [0.3, 0.4) is 0 Å². The van der Waals surface area contributed by atoms with Crippen molar-refractivity contribution in [1.82, 2.24) is 4.31 Å². The Morgan fingerprint density at radius 2 is 1.75 bits per heavy atom. The summed E-state index contributed by atoms with van der Waals surface area (Å²) in [5, 5.41) is 0. The summed E-state index contributed by atoms with van der Waals surface area (Å²) < 4.78 is 49.4. The molecule has 2 aliphatic rings. The van der Waals surface area contributed by atoms with E-state index in [9.17, 15) is 8.42 Å². The molecule has 7 nitrogen and oxygen atoms in total. The van der Waals surface area contributed by atoms with Crippen LogP contribution < -0.4 is 9.47 Å².